The summed E-state index contributed by atoms with van der Waals surface area (Å²) in [5.41, 5.74) is 5.72. The molecule has 0 spiro atoms. The fourth-order valence-electron chi connectivity index (χ4n) is 5.41. The predicted molar refractivity (Wildman–Crippen MR) is 155 cm³/mol. The van der Waals surface area contributed by atoms with Gasteiger partial charge in [0.15, 0.2) is 0 Å². The van der Waals surface area contributed by atoms with E-state index in [0.29, 0.717) is 25.8 Å². The normalized spacial score (nSPS) is 14.6. The van der Waals surface area contributed by atoms with Crippen LogP contribution in [0.3, 0.4) is 0 Å². The molecule has 0 bridgehead atoms. The van der Waals surface area contributed by atoms with Crippen molar-refractivity contribution in [1.29, 1.82) is 0 Å². The van der Waals surface area contributed by atoms with Crippen LogP contribution >= 0.6 is 0 Å². The van der Waals surface area contributed by atoms with E-state index >= 15 is 0 Å². The minimum atomic E-state index is -0.561. The summed E-state index contributed by atoms with van der Waals surface area (Å²) in [4.78, 5) is 29.6. The van der Waals surface area contributed by atoms with E-state index in [2.05, 4.69) is 55.6 Å². The van der Waals surface area contributed by atoms with E-state index in [1.165, 1.54) is 12.0 Å². The Hall–Kier alpha value is -3.40. The zero-order valence-electron chi connectivity index (χ0n) is 23.0. The van der Waals surface area contributed by atoms with Gasteiger partial charge in [-0.2, -0.15) is 0 Å². The highest BCUT2D eigenvalue weighted by Gasteiger charge is 2.32. The molecule has 0 saturated heterocycles. The van der Waals surface area contributed by atoms with Gasteiger partial charge in [0.2, 0.25) is 11.8 Å². The van der Waals surface area contributed by atoms with Crippen molar-refractivity contribution >= 4 is 11.8 Å². The number of rotatable bonds is 11. The monoisotopic (exact) mass is 510 g/mol. The van der Waals surface area contributed by atoms with Crippen molar-refractivity contribution in [3.63, 3.8) is 0 Å². The number of aryl methyl sites for hydroxylation is 3. The molecule has 0 unspecified atom stereocenters. The Labute approximate surface area is 228 Å². The van der Waals surface area contributed by atoms with Crippen LogP contribution in [-0.4, -0.2) is 28.8 Å². The van der Waals surface area contributed by atoms with Gasteiger partial charge in [0.25, 0.3) is 0 Å². The quantitative estimate of drug-likeness (QED) is 0.317. The van der Waals surface area contributed by atoms with Crippen molar-refractivity contribution in [3.8, 4) is 0 Å². The van der Waals surface area contributed by atoms with Gasteiger partial charge in [-0.3, -0.25) is 9.59 Å². The summed E-state index contributed by atoms with van der Waals surface area (Å²) >= 11 is 0. The lowest BCUT2D eigenvalue weighted by atomic mass is 9.94. The van der Waals surface area contributed by atoms with Crippen LogP contribution in [0.1, 0.15) is 73.3 Å². The first-order chi connectivity index (χ1) is 18.5. The molecule has 0 heterocycles. The van der Waals surface area contributed by atoms with Crippen molar-refractivity contribution in [1.82, 2.24) is 10.2 Å². The van der Waals surface area contributed by atoms with Crippen molar-refractivity contribution in [2.45, 2.75) is 90.3 Å². The van der Waals surface area contributed by atoms with Crippen LogP contribution in [0.5, 0.6) is 0 Å². The maximum Gasteiger partial charge on any atom is 0.243 e. The maximum atomic E-state index is 13.9. The second kappa shape index (κ2) is 13.9. The minimum absolute atomic E-state index is 0.0209. The first kappa shape index (κ1) is 27.6. The minimum Gasteiger partial charge on any atom is -0.352 e. The van der Waals surface area contributed by atoms with E-state index in [9.17, 15) is 9.59 Å². The SMILES string of the molecule is CCc1ccc(CCC(=O)N(Cc2ccccc2C)[C@H](Cc2ccccc2)C(=O)NC2CCCCC2)cc1. The molecule has 0 radical (unpaired) electrons. The predicted octanol–water partition coefficient (Wildman–Crippen LogP) is 6.58. The Bertz CT molecular complexity index is 1170. The molecule has 4 nitrogen and oxygen atoms in total. The summed E-state index contributed by atoms with van der Waals surface area (Å²) in [6.07, 6.45) is 8.11. The highest BCUT2D eigenvalue weighted by Crippen LogP contribution is 2.21. The van der Waals surface area contributed by atoms with Gasteiger partial charge in [0, 0.05) is 25.4 Å². The molecule has 2 amide bonds. The van der Waals surface area contributed by atoms with E-state index in [0.717, 1.165) is 54.4 Å². The summed E-state index contributed by atoms with van der Waals surface area (Å²) in [5.74, 6) is -0.0115. The second-order valence-corrected chi connectivity index (χ2v) is 10.7. The molecule has 1 aliphatic carbocycles. The number of benzene rings is 3. The average molecular weight is 511 g/mol. The highest BCUT2D eigenvalue weighted by atomic mass is 16.2. The van der Waals surface area contributed by atoms with Crippen LogP contribution in [0, 0.1) is 6.92 Å². The topological polar surface area (TPSA) is 49.4 Å². The molecule has 0 aromatic heterocycles. The average Bonchev–Trinajstić information content (AvgIpc) is 2.96. The molecule has 38 heavy (non-hydrogen) atoms. The summed E-state index contributed by atoms with van der Waals surface area (Å²) in [6, 6.07) is 26.4. The summed E-state index contributed by atoms with van der Waals surface area (Å²) in [6.45, 7) is 4.64. The lowest BCUT2D eigenvalue weighted by molar-refractivity contribution is -0.141. The molecule has 1 aliphatic rings. The van der Waals surface area contributed by atoms with Gasteiger partial charge in [0.1, 0.15) is 6.04 Å². The molecule has 1 N–H and O–H groups in total. The maximum absolute atomic E-state index is 13.9. The lowest BCUT2D eigenvalue weighted by Crippen LogP contribution is -2.53. The molecule has 4 rings (SSSR count). The molecule has 3 aromatic carbocycles. The summed E-state index contributed by atoms with van der Waals surface area (Å²) in [7, 11) is 0. The Morgan fingerprint density at radius 2 is 1.50 bits per heavy atom. The summed E-state index contributed by atoms with van der Waals surface area (Å²) < 4.78 is 0. The van der Waals surface area contributed by atoms with Crippen LogP contribution < -0.4 is 5.32 Å². The van der Waals surface area contributed by atoms with Gasteiger partial charge in [-0.05, 0) is 60.4 Å². The van der Waals surface area contributed by atoms with Crippen molar-refractivity contribution in [3.05, 3.63) is 107 Å². The smallest absolute Gasteiger partial charge is 0.243 e. The van der Waals surface area contributed by atoms with Gasteiger partial charge < -0.3 is 10.2 Å². The third-order valence-corrected chi connectivity index (χ3v) is 7.88. The Balaban J connectivity index is 1.60. The Morgan fingerprint density at radius 1 is 0.842 bits per heavy atom. The molecular weight excluding hydrogens is 468 g/mol. The number of nitrogens with one attached hydrogen (secondary N) is 1. The number of amides is 2. The van der Waals surface area contributed by atoms with Gasteiger partial charge in [-0.1, -0.05) is 105 Å². The third-order valence-electron chi connectivity index (χ3n) is 7.88. The largest absolute Gasteiger partial charge is 0.352 e. The van der Waals surface area contributed by atoms with Gasteiger partial charge in [0.05, 0.1) is 0 Å². The molecule has 0 aliphatic heterocycles. The standard InChI is InChI=1S/C34H42N2O2/c1-3-27-18-20-28(21-19-27)22-23-33(37)36(25-30-15-11-10-12-26(30)2)32(24-29-13-6-4-7-14-29)34(38)35-31-16-8-5-9-17-31/h4,6-7,10-15,18-21,31-32H,3,5,8-9,16-17,22-25H2,1-2H3,(H,35,38)/t32-/m1/s1. The number of nitrogens with zero attached hydrogens (tertiary/aromatic N) is 1. The molecule has 4 heteroatoms. The molecule has 1 saturated carbocycles. The summed E-state index contributed by atoms with van der Waals surface area (Å²) in [5, 5.41) is 3.33. The zero-order chi connectivity index (χ0) is 26.7. The zero-order valence-corrected chi connectivity index (χ0v) is 23.0. The van der Waals surface area contributed by atoms with E-state index < -0.39 is 6.04 Å². The number of carbonyl (C=O) groups is 2. The first-order valence-electron chi connectivity index (χ1n) is 14.3. The van der Waals surface area contributed by atoms with Crippen LogP contribution in [0.4, 0.5) is 0 Å². The van der Waals surface area contributed by atoms with E-state index in [1.807, 2.05) is 47.4 Å². The highest BCUT2D eigenvalue weighted by molar-refractivity contribution is 5.88. The van der Waals surface area contributed by atoms with Crippen molar-refractivity contribution in [2.75, 3.05) is 0 Å². The Kier molecular flexibility index (Phi) is 10.1. The molecule has 3 aromatic rings. The van der Waals surface area contributed by atoms with Crippen LogP contribution in [0.25, 0.3) is 0 Å². The van der Waals surface area contributed by atoms with Gasteiger partial charge in [-0.15, -0.1) is 0 Å². The van der Waals surface area contributed by atoms with Crippen molar-refractivity contribution in [2.24, 2.45) is 0 Å². The van der Waals surface area contributed by atoms with Crippen LogP contribution in [0.2, 0.25) is 0 Å². The Morgan fingerprint density at radius 3 is 2.18 bits per heavy atom. The first-order valence-corrected chi connectivity index (χ1v) is 14.3. The van der Waals surface area contributed by atoms with Crippen molar-refractivity contribution < 1.29 is 9.59 Å². The van der Waals surface area contributed by atoms with Crippen LogP contribution in [-0.2, 0) is 35.4 Å². The van der Waals surface area contributed by atoms with Gasteiger partial charge >= 0.3 is 0 Å². The fourth-order valence-corrected chi connectivity index (χ4v) is 5.41. The molecule has 200 valence electrons. The molecule has 1 fully saturated rings. The van der Waals surface area contributed by atoms with Crippen LogP contribution in [0.15, 0.2) is 78.9 Å². The lowest BCUT2D eigenvalue weighted by Gasteiger charge is -2.34. The molecular formula is C34H42N2O2. The second-order valence-electron chi connectivity index (χ2n) is 10.7. The third kappa shape index (κ3) is 7.80. The number of hydrogen-bond acceptors (Lipinski definition) is 2. The number of hydrogen-bond donors (Lipinski definition) is 1. The van der Waals surface area contributed by atoms with Gasteiger partial charge in [-0.25, -0.2) is 0 Å². The molecule has 1 atom stereocenters. The van der Waals surface area contributed by atoms with E-state index in [4.69, 9.17) is 0 Å². The van der Waals surface area contributed by atoms with E-state index in [-0.39, 0.29) is 17.9 Å². The number of carbonyl (C=O) groups excluding carboxylic acids is 2. The fraction of sp³-hybridized carbons (Fsp3) is 0.412. The van der Waals surface area contributed by atoms with E-state index in [1.54, 1.807) is 0 Å².